The highest BCUT2D eigenvalue weighted by Crippen LogP contribution is 2.28. The van der Waals surface area contributed by atoms with Gasteiger partial charge in [0.05, 0.1) is 11.7 Å². The molecule has 0 spiro atoms. The lowest BCUT2D eigenvalue weighted by atomic mass is 9.92. The molecule has 32 heavy (non-hydrogen) atoms. The Morgan fingerprint density at radius 3 is 2.59 bits per heavy atom. The molecule has 0 bridgehead atoms. The predicted octanol–water partition coefficient (Wildman–Crippen LogP) is 2.58. The fourth-order valence-electron chi connectivity index (χ4n) is 5.12. The zero-order valence-electron chi connectivity index (χ0n) is 18.9. The number of rotatable bonds is 7. The van der Waals surface area contributed by atoms with Crippen molar-refractivity contribution in [1.29, 1.82) is 0 Å². The molecular weight excluding hydrogens is 446 g/mol. The fourth-order valence-corrected chi connectivity index (χ4v) is 7.34. The van der Waals surface area contributed by atoms with Gasteiger partial charge in [0.1, 0.15) is 15.9 Å². The van der Waals surface area contributed by atoms with Gasteiger partial charge in [-0.1, -0.05) is 19.9 Å². The number of amides is 1. The zero-order valence-corrected chi connectivity index (χ0v) is 20.5. The summed E-state index contributed by atoms with van der Waals surface area (Å²) in [7, 11) is -3.65. The van der Waals surface area contributed by atoms with Gasteiger partial charge in [0.25, 0.3) is 0 Å². The number of nitrogens with zero attached hydrogens (tertiary/aromatic N) is 4. The highest BCUT2D eigenvalue weighted by molar-refractivity contribution is 7.89. The van der Waals surface area contributed by atoms with Crippen molar-refractivity contribution in [3.05, 3.63) is 18.2 Å². The van der Waals surface area contributed by atoms with Crippen LogP contribution in [0.25, 0.3) is 11.0 Å². The van der Waals surface area contributed by atoms with Crippen LogP contribution in [0.1, 0.15) is 39.5 Å². The standard InChI is InChI=1S/C22H33N5O3S2/c1-16-13-17(2)15-26(14-16)10-4-9-23-22(28)18-7-11-27(12-8-18)32(29,30)20-6-3-5-19-21(20)25-31-24-19/h3,5-6,16-18H,4,7-15H2,1-2H3,(H,23,28). The maximum Gasteiger partial charge on any atom is 0.245 e. The van der Waals surface area contributed by atoms with Crippen LogP contribution < -0.4 is 5.32 Å². The molecule has 2 saturated heterocycles. The van der Waals surface area contributed by atoms with Gasteiger partial charge in [-0.25, -0.2) is 8.42 Å². The van der Waals surface area contributed by atoms with Crippen LogP contribution in [0.3, 0.4) is 0 Å². The van der Waals surface area contributed by atoms with Crippen molar-refractivity contribution in [2.24, 2.45) is 17.8 Å². The molecule has 176 valence electrons. The zero-order chi connectivity index (χ0) is 22.7. The summed E-state index contributed by atoms with van der Waals surface area (Å²) in [5.41, 5.74) is 1.02. The van der Waals surface area contributed by atoms with Crippen molar-refractivity contribution < 1.29 is 13.2 Å². The molecule has 0 saturated carbocycles. The molecule has 0 radical (unpaired) electrons. The molecule has 10 heteroatoms. The first kappa shape index (κ1) is 23.5. The number of hydrogen-bond acceptors (Lipinski definition) is 7. The smallest absolute Gasteiger partial charge is 0.245 e. The summed E-state index contributed by atoms with van der Waals surface area (Å²) in [6, 6.07) is 5.05. The number of carbonyl (C=O) groups excluding carboxylic acids is 1. The van der Waals surface area contributed by atoms with Crippen molar-refractivity contribution >= 4 is 38.7 Å². The van der Waals surface area contributed by atoms with E-state index in [9.17, 15) is 13.2 Å². The molecule has 2 aromatic rings. The molecule has 2 aliphatic rings. The third-order valence-corrected chi connectivity index (χ3v) is 9.06. The number of nitrogens with one attached hydrogen (secondary N) is 1. The summed E-state index contributed by atoms with van der Waals surface area (Å²) >= 11 is 1.01. The molecule has 2 unspecified atom stereocenters. The van der Waals surface area contributed by atoms with Gasteiger partial charge in [0.15, 0.2) is 0 Å². The molecule has 4 rings (SSSR count). The Morgan fingerprint density at radius 2 is 1.88 bits per heavy atom. The SMILES string of the molecule is CC1CC(C)CN(CCCNC(=O)C2CCN(S(=O)(=O)c3cccc4nsnc34)CC2)C1. The Morgan fingerprint density at radius 1 is 1.16 bits per heavy atom. The van der Waals surface area contributed by atoms with Crippen molar-refractivity contribution in [2.75, 3.05) is 39.3 Å². The molecule has 1 aromatic heterocycles. The quantitative estimate of drug-likeness (QED) is 0.614. The fraction of sp³-hybridized carbons (Fsp3) is 0.682. The van der Waals surface area contributed by atoms with Gasteiger partial charge in [0.2, 0.25) is 15.9 Å². The van der Waals surface area contributed by atoms with E-state index < -0.39 is 10.0 Å². The molecule has 1 N–H and O–H groups in total. The highest BCUT2D eigenvalue weighted by Gasteiger charge is 2.33. The second kappa shape index (κ2) is 10.1. The van der Waals surface area contributed by atoms with Gasteiger partial charge in [-0.15, -0.1) is 0 Å². The number of sulfonamides is 1. The van der Waals surface area contributed by atoms with Crippen molar-refractivity contribution in [1.82, 2.24) is 23.3 Å². The van der Waals surface area contributed by atoms with Gasteiger partial charge < -0.3 is 10.2 Å². The molecule has 2 aliphatic heterocycles. The summed E-state index contributed by atoms with van der Waals surface area (Å²) in [6.07, 6.45) is 3.33. The Kier molecular flexibility index (Phi) is 7.44. The van der Waals surface area contributed by atoms with Crippen LogP contribution in [0.2, 0.25) is 0 Å². The van der Waals surface area contributed by atoms with Crippen LogP contribution in [-0.4, -0.2) is 71.5 Å². The van der Waals surface area contributed by atoms with E-state index in [0.29, 0.717) is 43.5 Å². The maximum atomic E-state index is 13.1. The average Bonchev–Trinajstić information content (AvgIpc) is 3.25. The monoisotopic (exact) mass is 479 g/mol. The molecule has 1 aromatic carbocycles. The largest absolute Gasteiger partial charge is 0.356 e. The minimum absolute atomic E-state index is 0.0493. The highest BCUT2D eigenvalue weighted by atomic mass is 32.2. The Hall–Kier alpha value is -1.62. The molecular formula is C22H33N5O3S2. The van der Waals surface area contributed by atoms with Crippen LogP contribution in [0.15, 0.2) is 23.1 Å². The van der Waals surface area contributed by atoms with Crippen LogP contribution in [0.5, 0.6) is 0 Å². The molecule has 2 fully saturated rings. The molecule has 8 nitrogen and oxygen atoms in total. The number of aromatic nitrogens is 2. The van der Waals surface area contributed by atoms with E-state index in [1.165, 1.54) is 10.7 Å². The van der Waals surface area contributed by atoms with Gasteiger partial charge in [-0.05, 0) is 56.2 Å². The van der Waals surface area contributed by atoms with E-state index in [1.54, 1.807) is 18.2 Å². The van der Waals surface area contributed by atoms with Crippen molar-refractivity contribution in [3.63, 3.8) is 0 Å². The van der Waals surface area contributed by atoms with Crippen LogP contribution in [0, 0.1) is 17.8 Å². The minimum Gasteiger partial charge on any atom is -0.356 e. The average molecular weight is 480 g/mol. The number of piperidine rings is 2. The first-order valence-electron chi connectivity index (χ1n) is 11.6. The number of carbonyl (C=O) groups is 1. The second-order valence-corrected chi connectivity index (χ2v) is 11.9. The van der Waals surface area contributed by atoms with Crippen LogP contribution >= 0.6 is 11.7 Å². The Bertz CT molecular complexity index is 1020. The number of fused-ring (bicyclic) bond motifs is 1. The molecule has 1 amide bonds. The van der Waals surface area contributed by atoms with Crippen LogP contribution in [0.4, 0.5) is 0 Å². The Balaban J connectivity index is 1.24. The van der Waals surface area contributed by atoms with Gasteiger partial charge in [0, 0.05) is 38.6 Å². The van der Waals surface area contributed by atoms with Crippen molar-refractivity contribution in [3.8, 4) is 0 Å². The normalized spacial score (nSPS) is 24.1. The Labute approximate surface area is 194 Å². The lowest BCUT2D eigenvalue weighted by molar-refractivity contribution is -0.126. The number of benzene rings is 1. The third-order valence-electron chi connectivity index (χ3n) is 6.59. The first-order chi connectivity index (χ1) is 15.3. The minimum atomic E-state index is -3.65. The van der Waals surface area contributed by atoms with Gasteiger partial charge in [-0.2, -0.15) is 13.1 Å². The van der Waals surface area contributed by atoms with E-state index in [1.807, 2.05) is 0 Å². The van der Waals surface area contributed by atoms with E-state index in [-0.39, 0.29) is 16.7 Å². The van der Waals surface area contributed by atoms with E-state index in [0.717, 1.165) is 49.6 Å². The molecule has 0 aliphatic carbocycles. The third kappa shape index (κ3) is 5.30. The summed E-state index contributed by atoms with van der Waals surface area (Å²) in [6.45, 7) is 9.30. The van der Waals surface area contributed by atoms with E-state index >= 15 is 0 Å². The summed E-state index contributed by atoms with van der Waals surface area (Å²) in [4.78, 5) is 15.3. The number of hydrogen-bond donors (Lipinski definition) is 1. The summed E-state index contributed by atoms with van der Waals surface area (Å²) in [5.74, 6) is 1.41. The first-order valence-corrected chi connectivity index (χ1v) is 13.7. The maximum absolute atomic E-state index is 13.1. The number of likely N-dealkylation sites (tertiary alicyclic amines) is 1. The lowest BCUT2D eigenvalue weighted by Gasteiger charge is -2.35. The van der Waals surface area contributed by atoms with Crippen LogP contribution in [-0.2, 0) is 14.8 Å². The lowest BCUT2D eigenvalue weighted by Crippen LogP contribution is -2.43. The van der Waals surface area contributed by atoms with E-state index in [4.69, 9.17) is 0 Å². The summed E-state index contributed by atoms with van der Waals surface area (Å²) in [5, 5.41) is 3.07. The van der Waals surface area contributed by atoms with Crippen molar-refractivity contribution in [2.45, 2.75) is 44.4 Å². The molecule has 2 atom stereocenters. The summed E-state index contributed by atoms with van der Waals surface area (Å²) < 4.78 is 36.1. The van der Waals surface area contributed by atoms with Gasteiger partial charge in [-0.3, -0.25) is 4.79 Å². The van der Waals surface area contributed by atoms with E-state index in [2.05, 4.69) is 32.8 Å². The second-order valence-electron chi connectivity index (χ2n) is 9.42. The predicted molar refractivity (Wildman–Crippen MR) is 126 cm³/mol. The van der Waals surface area contributed by atoms with Gasteiger partial charge >= 0.3 is 0 Å². The molecule has 3 heterocycles. The topological polar surface area (TPSA) is 95.5 Å².